The summed E-state index contributed by atoms with van der Waals surface area (Å²) in [6.07, 6.45) is 2.42. The Morgan fingerprint density at radius 2 is 2.12 bits per heavy atom. The predicted octanol–water partition coefficient (Wildman–Crippen LogP) is 3.34. The summed E-state index contributed by atoms with van der Waals surface area (Å²) in [5, 5.41) is 14.0. The molecule has 0 aliphatic rings. The Kier molecular flexibility index (Phi) is 5.98. The van der Waals surface area contributed by atoms with Crippen LogP contribution in [0.3, 0.4) is 0 Å². The molecule has 26 heavy (non-hydrogen) atoms. The number of hydrogen-bond acceptors (Lipinski definition) is 5. The maximum Gasteiger partial charge on any atom is 0.340 e. The van der Waals surface area contributed by atoms with Crippen molar-refractivity contribution in [1.29, 1.82) is 0 Å². The van der Waals surface area contributed by atoms with Gasteiger partial charge in [0.2, 0.25) is 0 Å². The fraction of sp³-hybridized carbons (Fsp3) is 0.167. The lowest BCUT2D eigenvalue weighted by atomic mass is 10.1. The smallest absolute Gasteiger partial charge is 0.340 e. The van der Waals surface area contributed by atoms with E-state index in [-0.39, 0.29) is 5.97 Å². The number of carbonyl (C=O) groups excluding carboxylic acids is 1. The highest BCUT2D eigenvalue weighted by atomic mass is 32.1. The highest BCUT2D eigenvalue weighted by Crippen LogP contribution is 2.30. The monoisotopic (exact) mass is 386 g/mol. The maximum absolute atomic E-state index is 12.1. The van der Waals surface area contributed by atoms with Gasteiger partial charge in [-0.05, 0) is 29.9 Å². The molecule has 0 fully saturated rings. The van der Waals surface area contributed by atoms with Crippen LogP contribution in [0.1, 0.15) is 26.5 Å². The van der Waals surface area contributed by atoms with Crippen molar-refractivity contribution in [3.8, 4) is 0 Å². The summed E-state index contributed by atoms with van der Waals surface area (Å²) in [5.41, 5.74) is 2.57. The average Bonchev–Trinajstić information content (AvgIpc) is 3.30. The van der Waals surface area contributed by atoms with Gasteiger partial charge in [0, 0.05) is 17.5 Å². The topological polar surface area (TPSA) is 79.0 Å². The van der Waals surface area contributed by atoms with Crippen LogP contribution < -0.4 is 10.6 Å². The van der Waals surface area contributed by atoms with Gasteiger partial charge < -0.3 is 15.4 Å². The first-order valence-electron chi connectivity index (χ1n) is 7.93. The zero-order valence-corrected chi connectivity index (χ0v) is 15.7. The Hall–Kier alpha value is -2.71. The molecule has 0 atom stereocenters. The van der Waals surface area contributed by atoms with Crippen molar-refractivity contribution < 1.29 is 9.53 Å². The molecule has 3 N–H and O–H groups in total. The number of H-pyrrole nitrogens is 1. The van der Waals surface area contributed by atoms with Crippen LogP contribution in [0.4, 0.5) is 5.00 Å². The highest BCUT2D eigenvalue weighted by molar-refractivity contribution is 7.80. The molecule has 0 unspecified atom stereocenters. The first kappa shape index (κ1) is 18.1. The summed E-state index contributed by atoms with van der Waals surface area (Å²) in [5.74, 6) is -0.389. The van der Waals surface area contributed by atoms with Gasteiger partial charge in [0.15, 0.2) is 5.11 Å². The predicted molar refractivity (Wildman–Crippen MR) is 107 cm³/mol. The molecular weight excluding hydrogens is 368 g/mol. The van der Waals surface area contributed by atoms with E-state index in [2.05, 4.69) is 33.0 Å². The van der Waals surface area contributed by atoms with Gasteiger partial charge in [-0.25, -0.2) is 4.79 Å². The molecule has 134 valence electrons. The standard InChI is InChI=1S/C18H18N4O2S2/c1-24-17(23)15-10-14(9-12-5-3-2-4-6-12)26-16(15)21-18(25)19-11-13-7-8-20-22-13/h2-8,10H,9,11H2,1H3,(H,20,22)(H2,19,21,25). The largest absolute Gasteiger partial charge is 0.465 e. The number of aromatic nitrogens is 2. The molecule has 0 amide bonds. The van der Waals surface area contributed by atoms with Crippen LogP contribution in [0.15, 0.2) is 48.7 Å². The molecule has 0 radical (unpaired) electrons. The number of anilines is 1. The molecule has 0 aliphatic carbocycles. The fourth-order valence-electron chi connectivity index (χ4n) is 2.39. The molecule has 0 aliphatic heterocycles. The molecule has 6 nitrogen and oxygen atoms in total. The van der Waals surface area contributed by atoms with E-state index >= 15 is 0 Å². The van der Waals surface area contributed by atoms with Crippen molar-refractivity contribution in [2.24, 2.45) is 0 Å². The van der Waals surface area contributed by atoms with Gasteiger partial charge in [-0.15, -0.1) is 11.3 Å². The molecule has 0 spiro atoms. The molecule has 1 aromatic carbocycles. The molecule has 0 bridgehead atoms. The number of esters is 1. The number of thiocarbonyl (C=S) groups is 1. The summed E-state index contributed by atoms with van der Waals surface area (Å²) >= 11 is 6.82. The van der Waals surface area contributed by atoms with E-state index in [1.54, 1.807) is 6.20 Å². The second kappa shape index (κ2) is 8.59. The van der Waals surface area contributed by atoms with E-state index in [4.69, 9.17) is 17.0 Å². The van der Waals surface area contributed by atoms with Crippen LogP contribution in [0.2, 0.25) is 0 Å². The van der Waals surface area contributed by atoms with Crippen LogP contribution in [0.25, 0.3) is 0 Å². The van der Waals surface area contributed by atoms with E-state index in [1.807, 2.05) is 30.3 Å². The van der Waals surface area contributed by atoms with Crippen LogP contribution in [0.5, 0.6) is 0 Å². The normalized spacial score (nSPS) is 10.3. The lowest BCUT2D eigenvalue weighted by Gasteiger charge is -2.09. The number of thiophene rings is 1. The van der Waals surface area contributed by atoms with Gasteiger partial charge in [0.1, 0.15) is 5.00 Å². The number of aromatic amines is 1. The minimum atomic E-state index is -0.389. The number of nitrogens with zero attached hydrogens (tertiary/aromatic N) is 1. The number of hydrogen-bond donors (Lipinski definition) is 3. The third-order valence-corrected chi connectivity index (χ3v) is 4.93. The van der Waals surface area contributed by atoms with Gasteiger partial charge >= 0.3 is 5.97 Å². The van der Waals surface area contributed by atoms with Crippen LogP contribution >= 0.6 is 23.6 Å². The molecule has 2 aromatic heterocycles. The van der Waals surface area contributed by atoms with Crippen molar-refractivity contribution in [3.63, 3.8) is 0 Å². The molecule has 0 saturated heterocycles. The number of carbonyl (C=O) groups is 1. The van der Waals surface area contributed by atoms with Gasteiger partial charge in [-0.1, -0.05) is 30.3 Å². The van der Waals surface area contributed by atoms with E-state index < -0.39 is 0 Å². The van der Waals surface area contributed by atoms with E-state index in [1.165, 1.54) is 24.0 Å². The number of rotatable bonds is 6. The van der Waals surface area contributed by atoms with Gasteiger partial charge in [0.05, 0.1) is 24.9 Å². The lowest BCUT2D eigenvalue weighted by Crippen LogP contribution is -2.28. The Labute approximate surface area is 160 Å². The van der Waals surface area contributed by atoms with Gasteiger partial charge in [-0.3, -0.25) is 5.10 Å². The minimum Gasteiger partial charge on any atom is -0.465 e. The number of ether oxygens (including phenoxy) is 1. The quantitative estimate of drug-likeness (QED) is 0.445. The summed E-state index contributed by atoms with van der Waals surface area (Å²) in [6.45, 7) is 0.516. The second-order valence-corrected chi connectivity index (χ2v) is 7.04. The molecular formula is C18H18N4O2S2. The minimum absolute atomic E-state index is 0.389. The van der Waals surface area contributed by atoms with E-state index in [9.17, 15) is 4.79 Å². The maximum atomic E-state index is 12.1. The van der Waals surface area contributed by atoms with Crippen molar-refractivity contribution in [1.82, 2.24) is 15.5 Å². The Bertz CT molecular complexity index is 876. The second-order valence-electron chi connectivity index (χ2n) is 5.50. The zero-order chi connectivity index (χ0) is 18.4. The third kappa shape index (κ3) is 4.68. The molecule has 3 aromatic rings. The Morgan fingerprint density at radius 3 is 2.81 bits per heavy atom. The van der Waals surface area contributed by atoms with Crippen LogP contribution in [-0.4, -0.2) is 28.4 Å². The van der Waals surface area contributed by atoms with Crippen molar-refractivity contribution in [2.75, 3.05) is 12.4 Å². The van der Waals surface area contributed by atoms with Gasteiger partial charge in [-0.2, -0.15) is 5.10 Å². The van der Waals surface area contributed by atoms with Crippen molar-refractivity contribution in [2.45, 2.75) is 13.0 Å². The highest BCUT2D eigenvalue weighted by Gasteiger charge is 2.18. The van der Waals surface area contributed by atoms with Gasteiger partial charge in [0.25, 0.3) is 0 Å². The van der Waals surface area contributed by atoms with E-state index in [0.29, 0.717) is 22.2 Å². The van der Waals surface area contributed by atoms with Crippen LogP contribution in [-0.2, 0) is 17.7 Å². The van der Waals surface area contributed by atoms with E-state index in [0.717, 1.165) is 17.0 Å². The molecule has 3 rings (SSSR count). The summed E-state index contributed by atoms with van der Waals surface area (Å²) in [4.78, 5) is 13.1. The Balaban J connectivity index is 1.71. The summed E-state index contributed by atoms with van der Waals surface area (Å²) in [7, 11) is 1.37. The first-order chi connectivity index (χ1) is 12.7. The lowest BCUT2D eigenvalue weighted by molar-refractivity contribution is 0.0602. The third-order valence-electron chi connectivity index (χ3n) is 3.63. The van der Waals surface area contributed by atoms with Crippen LogP contribution in [0, 0.1) is 0 Å². The number of benzene rings is 1. The van der Waals surface area contributed by atoms with Crippen molar-refractivity contribution in [3.05, 3.63) is 70.4 Å². The molecule has 8 heteroatoms. The number of nitrogens with one attached hydrogen (secondary N) is 3. The fourth-order valence-corrected chi connectivity index (χ4v) is 3.71. The summed E-state index contributed by atoms with van der Waals surface area (Å²) < 4.78 is 4.89. The first-order valence-corrected chi connectivity index (χ1v) is 9.16. The van der Waals surface area contributed by atoms with Crippen molar-refractivity contribution >= 4 is 39.6 Å². The SMILES string of the molecule is COC(=O)c1cc(Cc2ccccc2)sc1NC(=S)NCc1ccn[nH]1. The Morgan fingerprint density at radius 1 is 1.31 bits per heavy atom. The molecule has 0 saturated carbocycles. The number of methoxy groups -OCH3 is 1. The average molecular weight is 387 g/mol. The summed E-state index contributed by atoms with van der Waals surface area (Å²) in [6, 6.07) is 13.8. The zero-order valence-electron chi connectivity index (χ0n) is 14.1. The molecule has 2 heterocycles.